The summed E-state index contributed by atoms with van der Waals surface area (Å²) in [5.74, 6) is -0.718. The molecule has 0 bridgehead atoms. The van der Waals surface area contributed by atoms with Crippen molar-refractivity contribution in [2.45, 2.75) is 129 Å². The molecule has 34 heavy (non-hydrogen) atoms. The molecule has 0 aliphatic heterocycles. The van der Waals surface area contributed by atoms with Gasteiger partial charge in [0.15, 0.2) is 0 Å². The molecule has 202 valence electrons. The van der Waals surface area contributed by atoms with Crippen LogP contribution in [-0.2, 0) is 19.1 Å². The van der Waals surface area contributed by atoms with Gasteiger partial charge in [-0.05, 0) is 45.2 Å². The largest absolute Gasteiger partial charge is 0.481 e. The lowest BCUT2D eigenvalue weighted by Gasteiger charge is -2.22. The van der Waals surface area contributed by atoms with Gasteiger partial charge in [-0.1, -0.05) is 84.0 Å². The van der Waals surface area contributed by atoms with E-state index < -0.39 is 5.97 Å². The highest BCUT2D eigenvalue weighted by molar-refractivity contribution is 5.69. The number of carbonyl (C=O) groups is 2. The van der Waals surface area contributed by atoms with E-state index in [1.54, 1.807) is 7.11 Å². The van der Waals surface area contributed by atoms with Crippen LogP contribution in [0.4, 0.5) is 0 Å². The Hall–Kier alpha value is -1.14. The van der Waals surface area contributed by atoms with Crippen molar-refractivity contribution in [3.63, 3.8) is 0 Å². The quantitative estimate of drug-likeness (QED) is 0.0997. The van der Waals surface area contributed by atoms with Crippen LogP contribution >= 0.6 is 0 Å². The SMILES string of the molecule is CCCCCCCCCOC(=O)CCCCCCCN(CCCCCCCC(=O)O)CCOC. The van der Waals surface area contributed by atoms with Crippen LogP contribution in [-0.4, -0.2) is 61.9 Å². The maximum atomic E-state index is 11.8. The molecule has 0 aromatic heterocycles. The van der Waals surface area contributed by atoms with Crippen molar-refractivity contribution in [2.75, 3.05) is 40.0 Å². The molecule has 0 unspecified atom stereocenters. The first-order chi connectivity index (χ1) is 16.6. The van der Waals surface area contributed by atoms with Gasteiger partial charge >= 0.3 is 11.9 Å². The number of carbonyl (C=O) groups excluding carboxylic acids is 1. The standard InChI is InChI=1S/C28H55NO5/c1-3-4-5-6-7-14-19-25-34-28(32)21-16-11-9-13-18-23-29(24-26-33-2)22-17-12-8-10-15-20-27(30)31/h3-26H2,1-2H3,(H,30,31). The van der Waals surface area contributed by atoms with E-state index in [4.69, 9.17) is 14.6 Å². The first kappa shape index (κ1) is 32.9. The molecule has 0 spiro atoms. The molecule has 0 aromatic carbocycles. The Morgan fingerprint density at radius 1 is 0.618 bits per heavy atom. The van der Waals surface area contributed by atoms with Crippen LogP contribution in [0.5, 0.6) is 0 Å². The van der Waals surface area contributed by atoms with E-state index in [0.717, 1.165) is 77.6 Å². The first-order valence-corrected chi connectivity index (χ1v) is 14.2. The minimum Gasteiger partial charge on any atom is -0.481 e. The second-order valence-corrected chi connectivity index (χ2v) is 9.61. The minimum atomic E-state index is -0.690. The number of hydrogen-bond acceptors (Lipinski definition) is 5. The number of hydrogen-bond donors (Lipinski definition) is 1. The highest BCUT2D eigenvalue weighted by atomic mass is 16.5. The van der Waals surface area contributed by atoms with Gasteiger partial charge in [0.05, 0.1) is 13.2 Å². The predicted octanol–water partition coefficient (Wildman–Crippen LogP) is 6.99. The van der Waals surface area contributed by atoms with Crippen molar-refractivity contribution in [3.8, 4) is 0 Å². The van der Waals surface area contributed by atoms with Crippen LogP contribution in [0.3, 0.4) is 0 Å². The number of carboxylic acids is 1. The molecule has 0 amide bonds. The van der Waals surface area contributed by atoms with E-state index in [2.05, 4.69) is 11.8 Å². The Bertz CT molecular complexity index is 458. The van der Waals surface area contributed by atoms with Crippen LogP contribution < -0.4 is 0 Å². The molecule has 0 radical (unpaired) electrons. The average molecular weight is 486 g/mol. The van der Waals surface area contributed by atoms with Crippen LogP contribution in [0.1, 0.15) is 129 Å². The number of rotatable bonds is 27. The molecule has 0 atom stereocenters. The van der Waals surface area contributed by atoms with E-state index in [-0.39, 0.29) is 5.97 Å². The van der Waals surface area contributed by atoms with E-state index in [0.29, 0.717) is 19.4 Å². The second kappa shape index (κ2) is 26.5. The molecule has 6 nitrogen and oxygen atoms in total. The molecule has 6 heteroatoms. The van der Waals surface area contributed by atoms with Crippen molar-refractivity contribution < 1.29 is 24.2 Å². The normalized spacial score (nSPS) is 11.3. The van der Waals surface area contributed by atoms with Crippen LogP contribution in [0.15, 0.2) is 0 Å². The van der Waals surface area contributed by atoms with Crippen molar-refractivity contribution in [1.29, 1.82) is 0 Å². The molecule has 0 saturated carbocycles. The number of unbranched alkanes of at least 4 members (excludes halogenated alkanes) is 14. The Labute approximate surface area is 210 Å². The number of ether oxygens (including phenoxy) is 2. The summed E-state index contributed by atoms with van der Waals surface area (Å²) >= 11 is 0. The maximum absolute atomic E-state index is 11.8. The zero-order valence-electron chi connectivity index (χ0n) is 22.5. The predicted molar refractivity (Wildman–Crippen MR) is 140 cm³/mol. The number of methoxy groups -OCH3 is 1. The highest BCUT2D eigenvalue weighted by Gasteiger charge is 2.06. The minimum absolute atomic E-state index is 0.0281. The summed E-state index contributed by atoms with van der Waals surface area (Å²) in [5, 5.41) is 8.68. The van der Waals surface area contributed by atoms with Crippen molar-refractivity contribution in [1.82, 2.24) is 4.90 Å². The lowest BCUT2D eigenvalue weighted by Crippen LogP contribution is -2.29. The van der Waals surface area contributed by atoms with Crippen LogP contribution in [0.25, 0.3) is 0 Å². The van der Waals surface area contributed by atoms with Crippen molar-refractivity contribution >= 4 is 11.9 Å². The monoisotopic (exact) mass is 485 g/mol. The topological polar surface area (TPSA) is 76.1 Å². The Morgan fingerprint density at radius 2 is 1.12 bits per heavy atom. The number of esters is 1. The number of aliphatic carboxylic acids is 1. The van der Waals surface area contributed by atoms with E-state index in [9.17, 15) is 9.59 Å². The summed E-state index contributed by atoms with van der Waals surface area (Å²) in [5.41, 5.74) is 0. The van der Waals surface area contributed by atoms with Gasteiger partial charge in [0, 0.05) is 26.5 Å². The zero-order valence-corrected chi connectivity index (χ0v) is 22.5. The average Bonchev–Trinajstić information content (AvgIpc) is 2.82. The number of carboxylic acid groups (broad SMARTS) is 1. The second-order valence-electron chi connectivity index (χ2n) is 9.61. The molecule has 0 saturated heterocycles. The fraction of sp³-hybridized carbons (Fsp3) is 0.929. The Morgan fingerprint density at radius 3 is 1.68 bits per heavy atom. The number of nitrogens with zero attached hydrogens (tertiary/aromatic N) is 1. The smallest absolute Gasteiger partial charge is 0.305 e. The Kier molecular flexibility index (Phi) is 25.6. The summed E-state index contributed by atoms with van der Waals surface area (Å²) in [7, 11) is 1.75. The lowest BCUT2D eigenvalue weighted by atomic mass is 10.1. The van der Waals surface area contributed by atoms with E-state index in [1.807, 2.05) is 0 Å². The summed E-state index contributed by atoms with van der Waals surface area (Å²) in [4.78, 5) is 24.9. The molecule has 0 aliphatic rings. The molecular weight excluding hydrogens is 430 g/mol. The third-order valence-corrected chi connectivity index (χ3v) is 6.34. The van der Waals surface area contributed by atoms with Gasteiger partial charge in [-0.2, -0.15) is 0 Å². The summed E-state index contributed by atoms with van der Waals surface area (Å²) in [6.45, 7) is 6.75. The van der Waals surface area contributed by atoms with Gasteiger partial charge in [-0.25, -0.2) is 0 Å². The van der Waals surface area contributed by atoms with Crippen LogP contribution in [0.2, 0.25) is 0 Å². The van der Waals surface area contributed by atoms with Gasteiger partial charge in [-0.3, -0.25) is 9.59 Å². The highest BCUT2D eigenvalue weighted by Crippen LogP contribution is 2.10. The summed E-state index contributed by atoms with van der Waals surface area (Å²) in [6.07, 6.45) is 20.4. The van der Waals surface area contributed by atoms with Gasteiger partial charge in [0.25, 0.3) is 0 Å². The van der Waals surface area contributed by atoms with Gasteiger partial charge < -0.3 is 19.5 Å². The molecule has 0 rings (SSSR count). The fourth-order valence-corrected chi connectivity index (χ4v) is 4.15. The molecule has 0 heterocycles. The maximum Gasteiger partial charge on any atom is 0.305 e. The Balaban J connectivity index is 3.59. The molecule has 0 aromatic rings. The lowest BCUT2D eigenvalue weighted by molar-refractivity contribution is -0.144. The van der Waals surface area contributed by atoms with E-state index in [1.165, 1.54) is 57.8 Å². The summed E-state index contributed by atoms with van der Waals surface area (Å²) in [6, 6.07) is 0. The third kappa shape index (κ3) is 25.5. The molecule has 0 aliphatic carbocycles. The van der Waals surface area contributed by atoms with Gasteiger partial charge in [0.1, 0.15) is 0 Å². The molecular formula is C28H55NO5. The molecule has 1 N–H and O–H groups in total. The first-order valence-electron chi connectivity index (χ1n) is 14.2. The molecule has 0 fully saturated rings. The van der Waals surface area contributed by atoms with Gasteiger partial charge in [-0.15, -0.1) is 0 Å². The van der Waals surface area contributed by atoms with Crippen molar-refractivity contribution in [2.24, 2.45) is 0 Å². The van der Waals surface area contributed by atoms with Gasteiger partial charge in [0.2, 0.25) is 0 Å². The summed E-state index contributed by atoms with van der Waals surface area (Å²) < 4.78 is 10.6. The van der Waals surface area contributed by atoms with Crippen molar-refractivity contribution in [3.05, 3.63) is 0 Å². The van der Waals surface area contributed by atoms with Crippen LogP contribution in [0, 0.1) is 0 Å². The zero-order chi connectivity index (χ0) is 25.1. The van der Waals surface area contributed by atoms with E-state index >= 15 is 0 Å². The third-order valence-electron chi connectivity index (χ3n) is 6.34. The fourth-order valence-electron chi connectivity index (χ4n) is 4.15.